The molecule has 0 aliphatic carbocycles. The topological polar surface area (TPSA) is 78.8 Å². The molecule has 0 aromatic rings. The van der Waals surface area contributed by atoms with Crippen molar-refractivity contribution in [2.45, 2.75) is 33.3 Å². The SMILES string of the molecule is CCC(C)(C)C(=O)OCC(O)CNCCO. The highest BCUT2D eigenvalue weighted by Gasteiger charge is 2.27. The molecule has 0 amide bonds. The molecular formula is C11H23NO4. The Morgan fingerprint density at radius 3 is 2.62 bits per heavy atom. The van der Waals surface area contributed by atoms with Crippen molar-refractivity contribution in [1.82, 2.24) is 5.32 Å². The molecule has 0 aromatic heterocycles. The van der Waals surface area contributed by atoms with Gasteiger partial charge in [-0.2, -0.15) is 0 Å². The maximum absolute atomic E-state index is 11.5. The normalized spacial score (nSPS) is 13.6. The van der Waals surface area contributed by atoms with Crippen molar-refractivity contribution in [3.63, 3.8) is 0 Å². The second-order valence-corrected chi connectivity index (χ2v) is 4.42. The first-order valence-corrected chi connectivity index (χ1v) is 5.61. The van der Waals surface area contributed by atoms with Crippen LogP contribution in [-0.4, -0.2) is 48.6 Å². The van der Waals surface area contributed by atoms with Crippen LogP contribution in [0.2, 0.25) is 0 Å². The predicted molar refractivity (Wildman–Crippen MR) is 61.0 cm³/mol. The van der Waals surface area contributed by atoms with E-state index in [1.54, 1.807) is 0 Å². The zero-order chi connectivity index (χ0) is 12.6. The van der Waals surface area contributed by atoms with E-state index in [1.807, 2.05) is 20.8 Å². The van der Waals surface area contributed by atoms with Crippen molar-refractivity contribution in [1.29, 1.82) is 0 Å². The van der Waals surface area contributed by atoms with Crippen LogP contribution in [0.25, 0.3) is 0 Å². The molecule has 0 fully saturated rings. The molecule has 0 heterocycles. The second-order valence-electron chi connectivity index (χ2n) is 4.42. The number of hydrogen-bond donors (Lipinski definition) is 3. The van der Waals surface area contributed by atoms with Crippen LogP contribution in [0.5, 0.6) is 0 Å². The summed E-state index contributed by atoms with van der Waals surface area (Å²) in [5.41, 5.74) is -0.502. The highest BCUT2D eigenvalue weighted by atomic mass is 16.5. The number of ether oxygens (including phenoxy) is 1. The Morgan fingerprint density at radius 2 is 2.12 bits per heavy atom. The molecule has 0 rings (SSSR count). The molecule has 0 aromatic carbocycles. The Kier molecular flexibility index (Phi) is 7.29. The second kappa shape index (κ2) is 7.60. The molecule has 3 N–H and O–H groups in total. The van der Waals surface area contributed by atoms with Gasteiger partial charge in [0.15, 0.2) is 0 Å². The summed E-state index contributed by atoms with van der Waals surface area (Å²) in [6, 6.07) is 0. The van der Waals surface area contributed by atoms with Crippen LogP contribution in [0.4, 0.5) is 0 Å². The fraction of sp³-hybridized carbons (Fsp3) is 0.909. The maximum Gasteiger partial charge on any atom is 0.311 e. The van der Waals surface area contributed by atoms with Gasteiger partial charge in [-0.15, -0.1) is 0 Å². The fourth-order valence-electron chi connectivity index (χ4n) is 0.918. The Hall–Kier alpha value is -0.650. The first-order chi connectivity index (χ1) is 7.44. The molecule has 0 radical (unpaired) electrons. The van der Waals surface area contributed by atoms with Crippen molar-refractivity contribution in [3.8, 4) is 0 Å². The molecule has 0 aliphatic rings. The third-order valence-electron chi connectivity index (χ3n) is 2.51. The van der Waals surface area contributed by atoms with E-state index < -0.39 is 11.5 Å². The van der Waals surface area contributed by atoms with Gasteiger partial charge in [-0.25, -0.2) is 0 Å². The number of aliphatic hydroxyl groups is 2. The van der Waals surface area contributed by atoms with Crippen molar-refractivity contribution in [3.05, 3.63) is 0 Å². The van der Waals surface area contributed by atoms with E-state index in [2.05, 4.69) is 5.32 Å². The molecule has 5 heteroatoms. The van der Waals surface area contributed by atoms with Crippen molar-refractivity contribution < 1.29 is 19.7 Å². The monoisotopic (exact) mass is 233 g/mol. The first-order valence-electron chi connectivity index (χ1n) is 5.61. The van der Waals surface area contributed by atoms with Crippen LogP contribution >= 0.6 is 0 Å². The Balaban J connectivity index is 3.75. The average molecular weight is 233 g/mol. The smallest absolute Gasteiger partial charge is 0.311 e. The van der Waals surface area contributed by atoms with Gasteiger partial charge in [-0.3, -0.25) is 4.79 Å². The van der Waals surface area contributed by atoms with Crippen molar-refractivity contribution in [2.24, 2.45) is 5.41 Å². The molecule has 0 bridgehead atoms. The van der Waals surface area contributed by atoms with Gasteiger partial charge in [-0.05, 0) is 20.3 Å². The van der Waals surface area contributed by atoms with Crippen LogP contribution < -0.4 is 5.32 Å². The third-order valence-corrected chi connectivity index (χ3v) is 2.51. The quantitative estimate of drug-likeness (QED) is 0.403. The Morgan fingerprint density at radius 1 is 1.50 bits per heavy atom. The molecule has 0 saturated carbocycles. The number of hydrogen-bond acceptors (Lipinski definition) is 5. The lowest BCUT2D eigenvalue weighted by atomic mass is 9.91. The van der Waals surface area contributed by atoms with Crippen molar-refractivity contribution >= 4 is 5.97 Å². The van der Waals surface area contributed by atoms with Gasteiger partial charge in [0.2, 0.25) is 0 Å². The fourth-order valence-corrected chi connectivity index (χ4v) is 0.918. The molecule has 1 atom stereocenters. The van der Waals surface area contributed by atoms with E-state index in [0.29, 0.717) is 19.5 Å². The van der Waals surface area contributed by atoms with Gasteiger partial charge in [-0.1, -0.05) is 6.92 Å². The standard InChI is InChI=1S/C11H23NO4/c1-4-11(2,3)10(15)16-8-9(14)7-12-5-6-13/h9,12-14H,4-8H2,1-3H3. The summed E-state index contributed by atoms with van der Waals surface area (Å²) in [5, 5.41) is 20.8. The number of aliphatic hydroxyl groups excluding tert-OH is 2. The summed E-state index contributed by atoms with van der Waals surface area (Å²) in [6.45, 7) is 6.28. The summed E-state index contributed by atoms with van der Waals surface area (Å²) >= 11 is 0. The van der Waals surface area contributed by atoms with Crippen LogP contribution in [0.1, 0.15) is 27.2 Å². The molecule has 1 unspecified atom stereocenters. The van der Waals surface area contributed by atoms with Gasteiger partial charge in [0.05, 0.1) is 12.0 Å². The molecule has 16 heavy (non-hydrogen) atoms. The lowest BCUT2D eigenvalue weighted by Gasteiger charge is -2.21. The van der Waals surface area contributed by atoms with Gasteiger partial charge in [0.1, 0.15) is 12.7 Å². The van der Waals surface area contributed by atoms with Gasteiger partial charge >= 0.3 is 5.97 Å². The molecule has 96 valence electrons. The van der Waals surface area contributed by atoms with E-state index in [4.69, 9.17) is 9.84 Å². The van der Waals surface area contributed by atoms with Crippen LogP contribution in [0, 0.1) is 5.41 Å². The first kappa shape index (κ1) is 15.3. The summed E-state index contributed by atoms with van der Waals surface area (Å²) in [5.74, 6) is -0.295. The maximum atomic E-state index is 11.5. The minimum absolute atomic E-state index is 0.0132. The molecular weight excluding hydrogens is 210 g/mol. The summed E-state index contributed by atoms with van der Waals surface area (Å²) < 4.78 is 5.00. The zero-order valence-corrected chi connectivity index (χ0v) is 10.3. The van der Waals surface area contributed by atoms with E-state index in [9.17, 15) is 9.90 Å². The molecule has 0 spiro atoms. The molecule has 5 nitrogen and oxygen atoms in total. The average Bonchev–Trinajstić information content (AvgIpc) is 2.26. The minimum atomic E-state index is -0.733. The van der Waals surface area contributed by atoms with Gasteiger partial charge in [0.25, 0.3) is 0 Å². The van der Waals surface area contributed by atoms with Crippen LogP contribution in [0.3, 0.4) is 0 Å². The summed E-state index contributed by atoms with van der Waals surface area (Å²) in [4.78, 5) is 11.5. The lowest BCUT2D eigenvalue weighted by molar-refractivity contribution is -0.157. The third kappa shape index (κ3) is 6.05. The van der Waals surface area contributed by atoms with E-state index >= 15 is 0 Å². The Labute approximate surface area is 96.8 Å². The summed E-state index contributed by atoms with van der Waals surface area (Å²) in [7, 11) is 0. The highest BCUT2D eigenvalue weighted by molar-refractivity contribution is 5.75. The van der Waals surface area contributed by atoms with E-state index in [1.165, 1.54) is 0 Å². The number of nitrogens with one attached hydrogen (secondary N) is 1. The highest BCUT2D eigenvalue weighted by Crippen LogP contribution is 2.21. The van der Waals surface area contributed by atoms with Crippen molar-refractivity contribution in [2.75, 3.05) is 26.3 Å². The van der Waals surface area contributed by atoms with Crippen LogP contribution in [0.15, 0.2) is 0 Å². The predicted octanol–water partition coefficient (Wildman–Crippen LogP) is -0.0914. The lowest BCUT2D eigenvalue weighted by Crippen LogP contribution is -2.35. The van der Waals surface area contributed by atoms with Crippen LogP contribution in [-0.2, 0) is 9.53 Å². The minimum Gasteiger partial charge on any atom is -0.462 e. The number of carbonyl (C=O) groups excluding carboxylic acids is 1. The number of rotatable bonds is 8. The van der Waals surface area contributed by atoms with Gasteiger partial charge in [0, 0.05) is 13.1 Å². The molecule has 0 aliphatic heterocycles. The summed E-state index contributed by atoms with van der Waals surface area (Å²) in [6.07, 6.45) is -0.0341. The zero-order valence-electron chi connectivity index (χ0n) is 10.3. The van der Waals surface area contributed by atoms with E-state index in [-0.39, 0.29) is 19.2 Å². The largest absolute Gasteiger partial charge is 0.462 e. The number of carbonyl (C=O) groups is 1. The number of esters is 1. The van der Waals surface area contributed by atoms with E-state index in [0.717, 1.165) is 0 Å². The van der Waals surface area contributed by atoms with Gasteiger partial charge < -0.3 is 20.3 Å². The Bertz CT molecular complexity index is 206. The molecule has 0 saturated heterocycles.